The lowest BCUT2D eigenvalue weighted by Gasteiger charge is -2.09. The van der Waals surface area contributed by atoms with Crippen LogP contribution >= 0.6 is 0 Å². The van der Waals surface area contributed by atoms with Crippen molar-refractivity contribution >= 4 is 15.8 Å². The summed E-state index contributed by atoms with van der Waals surface area (Å²) in [7, 11) is -3.89. The number of rotatable bonds is 3. The topological polar surface area (TPSA) is 71.4 Å². The van der Waals surface area contributed by atoms with Crippen molar-refractivity contribution in [3.8, 4) is 0 Å². The molecule has 1 aliphatic rings. The van der Waals surface area contributed by atoms with Crippen LogP contribution in [0.5, 0.6) is 0 Å². The third-order valence-corrected chi connectivity index (χ3v) is 5.54. The highest BCUT2D eigenvalue weighted by atomic mass is 32.2. The Morgan fingerprint density at radius 3 is 2.55 bits per heavy atom. The average Bonchev–Trinajstić information content (AvgIpc) is 2.57. The van der Waals surface area contributed by atoms with Gasteiger partial charge in [0.05, 0.1) is 15.7 Å². The first-order chi connectivity index (χ1) is 9.12. The van der Waals surface area contributed by atoms with Crippen LogP contribution in [0, 0.1) is 0 Å². The summed E-state index contributed by atoms with van der Waals surface area (Å²) in [6.45, 7) is 0. The molecule has 20 heavy (non-hydrogen) atoms. The summed E-state index contributed by atoms with van der Waals surface area (Å²) in [6.07, 6.45) is -4.98. The number of carbonyl (C=O) groups is 1. The number of benzene rings is 1. The number of hydrogen-bond acceptors (Lipinski definition) is 3. The molecule has 0 bridgehead atoms. The Hall–Kier alpha value is -1.57. The molecule has 0 aromatic heterocycles. The van der Waals surface area contributed by atoms with Crippen molar-refractivity contribution in [3.63, 3.8) is 0 Å². The Morgan fingerprint density at radius 2 is 2.00 bits per heavy atom. The van der Waals surface area contributed by atoms with Crippen LogP contribution in [0.25, 0.3) is 0 Å². The van der Waals surface area contributed by atoms with E-state index in [1.54, 1.807) is 0 Å². The van der Waals surface area contributed by atoms with E-state index in [4.69, 9.17) is 5.11 Å². The molecule has 0 saturated carbocycles. The maximum atomic E-state index is 12.6. The van der Waals surface area contributed by atoms with E-state index in [2.05, 4.69) is 0 Å². The molecule has 4 nitrogen and oxygen atoms in total. The molecule has 1 heterocycles. The summed E-state index contributed by atoms with van der Waals surface area (Å²) >= 11 is 0. The predicted molar refractivity (Wildman–Crippen MR) is 63.0 cm³/mol. The summed E-state index contributed by atoms with van der Waals surface area (Å²) in [4.78, 5) is 10.2. The van der Waals surface area contributed by atoms with E-state index in [1.165, 1.54) is 0 Å². The van der Waals surface area contributed by atoms with Gasteiger partial charge < -0.3 is 5.11 Å². The van der Waals surface area contributed by atoms with Gasteiger partial charge in [-0.25, -0.2) is 8.42 Å². The molecular weight excluding hydrogens is 297 g/mol. The molecule has 1 aliphatic heterocycles. The van der Waals surface area contributed by atoms with Gasteiger partial charge in [0.1, 0.15) is 0 Å². The summed E-state index contributed by atoms with van der Waals surface area (Å²) in [5, 5.41) is 7.61. The highest BCUT2D eigenvalue weighted by Crippen LogP contribution is 2.38. The Bertz CT molecular complexity index is 649. The number of aliphatic carboxylic acids is 1. The lowest BCUT2D eigenvalue weighted by Crippen LogP contribution is -2.18. The minimum Gasteiger partial charge on any atom is -0.481 e. The number of alkyl halides is 3. The first-order valence-corrected chi connectivity index (χ1v) is 7.33. The maximum absolute atomic E-state index is 12.6. The van der Waals surface area contributed by atoms with Gasteiger partial charge in [0, 0.05) is 6.42 Å². The minimum absolute atomic E-state index is 0.0586. The standard InChI is InChI=1S/C12H11F3O4S/c13-12(14,15)8-2-1-7-5-9(3-4-11(16)17)20(18,19)10(7)6-8/h1-2,6,9H,3-5H2,(H,16,17). The molecule has 1 aromatic carbocycles. The summed E-state index contributed by atoms with van der Waals surface area (Å²) in [5.74, 6) is -1.13. The lowest BCUT2D eigenvalue weighted by atomic mass is 10.1. The van der Waals surface area contributed by atoms with Gasteiger partial charge in [-0.2, -0.15) is 13.2 Å². The molecule has 8 heteroatoms. The van der Waals surface area contributed by atoms with Crippen LogP contribution in [-0.2, 0) is 27.2 Å². The van der Waals surface area contributed by atoms with Crippen LogP contribution < -0.4 is 0 Å². The molecule has 1 unspecified atom stereocenters. The zero-order valence-electron chi connectivity index (χ0n) is 10.1. The fourth-order valence-electron chi connectivity index (χ4n) is 2.24. The van der Waals surface area contributed by atoms with Crippen molar-refractivity contribution in [3.05, 3.63) is 29.3 Å². The van der Waals surface area contributed by atoms with Gasteiger partial charge >= 0.3 is 12.1 Å². The average molecular weight is 308 g/mol. The van der Waals surface area contributed by atoms with Crippen LogP contribution in [-0.4, -0.2) is 24.7 Å². The second-order valence-corrected chi connectivity index (χ2v) is 6.82. The van der Waals surface area contributed by atoms with Crippen LogP contribution in [0.4, 0.5) is 13.2 Å². The van der Waals surface area contributed by atoms with Gasteiger partial charge in [-0.05, 0) is 30.5 Å². The third kappa shape index (κ3) is 2.65. The highest BCUT2D eigenvalue weighted by Gasteiger charge is 2.39. The van der Waals surface area contributed by atoms with Gasteiger partial charge in [0.25, 0.3) is 0 Å². The second-order valence-electron chi connectivity index (χ2n) is 4.62. The number of hydrogen-bond donors (Lipinski definition) is 1. The van der Waals surface area contributed by atoms with Gasteiger partial charge in [0.15, 0.2) is 9.84 Å². The lowest BCUT2D eigenvalue weighted by molar-refractivity contribution is -0.138. The zero-order chi connectivity index (χ0) is 15.1. The minimum atomic E-state index is -4.61. The van der Waals surface area contributed by atoms with Gasteiger partial charge in [-0.15, -0.1) is 0 Å². The van der Waals surface area contributed by atoms with E-state index >= 15 is 0 Å². The molecule has 1 atom stereocenters. The number of carboxylic acid groups (broad SMARTS) is 1. The molecule has 0 saturated heterocycles. The smallest absolute Gasteiger partial charge is 0.416 e. The van der Waals surface area contributed by atoms with E-state index in [0.29, 0.717) is 11.6 Å². The molecule has 1 aromatic rings. The Kier molecular flexibility index (Phi) is 3.53. The molecular formula is C12H11F3O4S. The highest BCUT2D eigenvalue weighted by molar-refractivity contribution is 7.92. The fourth-order valence-corrected chi connectivity index (χ4v) is 4.23. The second kappa shape index (κ2) is 4.76. The van der Waals surface area contributed by atoms with Crippen molar-refractivity contribution in [1.29, 1.82) is 0 Å². The molecule has 0 spiro atoms. The van der Waals surface area contributed by atoms with Crippen molar-refractivity contribution in [2.75, 3.05) is 0 Å². The monoisotopic (exact) mass is 308 g/mol. The van der Waals surface area contributed by atoms with E-state index < -0.39 is 32.8 Å². The summed E-state index contributed by atoms with van der Waals surface area (Å²) < 4.78 is 62.0. The van der Waals surface area contributed by atoms with Crippen molar-refractivity contribution in [2.24, 2.45) is 0 Å². The van der Waals surface area contributed by atoms with Crippen LogP contribution in [0.1, 0.15) is 24.0 Å². The Balaban J connectivity index is 2.36. The van der Waals surface area contributed by atoms with E-state index in [0.717, 1.165) is 12.1 Å². The fraction of sp³-hybridized carbons (Fsp3) is 0.417. The molecule has 0 fully saturated rings. The third-order valence-electron chi connectivity index (χ3n) is 3.27. The number of carboxylic acids is 1. The molecule has 2 rings (SSSR count). The normalized spacial score (nSPS) is 20.6. The number of halogens is 3. The van der Waals surface area contributed by atoms with Crippen LogP contribution in [0.3, 0.4) is 0 Å². The Morgan fingerprint density at radius 1 is 1.35 bits per heavy atom. The Labute approximate surface area is 113 Å². The van der Waals surface area contributed by atoms with Gasteiger partial charge in [-0.3, -0.25) is 4.79 Å². The zero-order valence-corrected chi connectivity index (χ0v) is 11.0. The van der Waals surface area contributed by atoms with Crippen molar-refractivity contribution < 1.29 is 31.5 Å². The predicted octanol–water partition coefficient (Wildman–Crippen LogP) is 2.27. The molecule has 0 aliphatic carbocycles. The first-order valence-electron chi connectivity index (χ1n) is 5.78. The molecule has 0 amide bonds. The van der Waals surface area contributed by atoms with E-state index in [9.17, 15) is 26.4 Å². The number of fused-ring (bicyclic) bond motifs is 1. The van der Waals surface area contributed by atoms with Crippen LogP contribution in [0.2, 0.25) is 0 Å². The molecule has 1 N–H and O–H groups in total. The largest absolute Gasteiger partial charge is 0.481 e. The van der Waals surface area contributed by atoms with E-state index in [1.807, 2.05) is 0 Å². The van der Waals surface area contributed by atoms with Gasteiger partial charge in [-0.1, -0.05) is 6.07 Å². The maximum Gasteiger partial charge on any atom is 0.416 e. The summed E-state index contributed by atoms with van der Waals surface area (Å²) in [6, 6.07) is 2.62. The summed E-state index contributed by atoms with van der Waals surface area (Å²) in [5.41, 5.74) is -0.702. The molecule has 110 valence electrons. The number of sulfone groups is 1. The molecule has 0 radical (unpaired) electrons. The van der Waals surface area contributed by atoms with Crippen LogP contribution in [0.15, 0.2) is 23.1 Å². The van der Waals surface area contributed by atoms with Crippen molar-refractivity contribution in [2.45, 2.75) is 35.6 Å². The van der Waals surface area contributed by atoms with E-state index in [-0.39, 0.29) is 24.2 Å². The van der Waals surface area contributed by atoms with Crippen molar-refractivity contribution in [1.82, 2.24) is 0 Å². The first kappa shape index (κ1) is 14.8. The quantitative estimate of drug-likeness (QED) is 0.930. The SMILES string of the molecule is O=C(O)CCC1Cc2ccc(C(F)(F)F)cc2S1(=O)=O. The van der Waals surface area contributed by atoms with Gasteiger partial charge in [0.2, 0.25) is 0 Å².